The zero-order valence-electron chi connectivity index (χ0n) is 15.6. The van der Waals surface area contributed by atoms with Gasteiger partial charge in [0.25, 0.3) is 0 Å². The Labute approximate surface area is 162 Å². The maximum atomic E-state index is 13.1. The van der Waals surface area contributed by atoms with Gasteiger partial charge in [-0.25, -0.2) is 0 Å². The summed E-state index contributed by atoms with van der Waals surface area (Å²) in [6, 6.07) is 0. The Morgan fingerprint density at radius 2 is 1.35 bits per heavy atom. The van der Waals surface area contributed by atoms with E-state index in [-0.39, 0.29) is 11.8 Å². The van der Waals surface area contributed by atoms with E-state index in [1.165, 1.54) is 23.1 Å². The fourth-order valence-electron chi connectivity index (χ4n) is 3.02. The molecule has 0 atom stereocenters. The van der Waals surface area contributed by atoms with Crippen LogP contribution in [0.15, 0.2) is 4.34 Å². The summed E-state index contributed by atoms with van der Waals surface area (Å²) in [6.07, 6.45) is 0. The number of carbonyl (C=O) groups excluding carboxylic acids is 2. The molecule has 0 aromatic carbocycles. The number of aromatic nitrogens is 2. The minimum atomic E-state index is -0.769. The SMILES string of the molecule is Cc1nnc(SC(C(=O)N2CCN(C)CC2)C(=O)N2CCN(C)CC2)s1. The van der Waals surface area contributed by atoms with Gasteiger partial charge in [0.15, 0.2) is 9.59 Å². The molecule has 144 valence electrons. The topological polar surface area (TPSA) is 72.9 Å². The third kappa shape index (κ3) is 4.73. The third-order valence-electron chi connectivity index (χ3n) is 4.80. The molecule has 0 saturated carbocycles. The smallest absolute Gasteiger partial charge is 0.245 e. The number of nitrogens with zero attached hydrogens (tertiary/aromatic N) is 6. The summed E-state index contributed by atoms with van der Waals surface area (Å²) in [4.78, 5) is 34.3. The van der Waals surface area contributed by atoms with Crippen LogP contribution in [0.5, 0.6) is 0 Å². The van der Waals surface area contributed by atoms with E-state index in [1.807, 2.05) is 30.8 Å². The van der Waals surface area contributed by atoms with Crippen molar-refractivity contribution in [1.82, 2.24) is 29.8 Å². The van der Waals surface area contributed by atoms with Crippen molar-refractivity contribution >= 4 is 34.9 Å². The number of thioether (sulfide) groups is 1. The van der Waals surface area contributed by atoms with E-state index in [0.29, 0.717) is 30.5 Å². The Balaban J connectivity index is 1.74. The van der Waals surface area contributed by atoms with Gasteiger partial charge in [-0.05, 0) is 21.0 Å². The van der Waals surface area contributed by atoms with Crippen LogP contribution in [0.4, 0.5) is 0 Å². The number of likely N-dealkylation sites (N-methyl/N-ethyl adjacent to an activating group) is 2. The second-order valence-corrected chi connectivity index (χ2v) is 9.38. The number of rotatable bonds is 4. The molecule has 2 aliphatic heterocycles. The predicted molar refractivity (Wildman–Crippen MR) is 102 cm³/mol. The largest absolute Gasteiger partial charge is 0.339 e. The molecule has 2 fully saturated rings. The highest BCUT2D eigenvalue weighted by molar-refractivity contribution is 8.03. The molecule has 3 rings (SSSR count). The highest BCUT2D eigenvalue weighted by atomic mass is 32.2. The third-order valence-corrected chi connectivity index (χ3v) is 6.90. The van der Waals surface area contributed by atoms with E-state index < -0.39 is 5.25 Å². The quantitative estimate of drug-likeness (QED) is 0.516. The average molecular weight is 399 g/mol. The van der Waals surface area contributed by atoms with Gasteiger partial charge >= 0.3 is 0 Å². The van der Waals surface area contributed by atoms with Crippen molar-refractivity contribution in [3.05, 3.63) is 5.01 Å². The van der Waals surface area contributed by atoms with Crippen molar-refractivity contribution in [2.45, 2.75) is 16.5 Å². The minimum Gasteiger partial charge on any atom is -0.339 e. The molecule has 2 aliphatic rings. The lowest BCUT2D eigenvalue weighted by Gasteiger charge is -2.37. The van der Waals surface area contributed by atoms with Crippen LogP contribution in [-0.2, 0) is 9.59 Å². The van der Waals surface area contributed by atoms with Crippen molar-refractivity contribution in [2.75, 3.05) is 66.5 Å². The number of hydrogen-bond donors (Lipinski definition) is 0. The summed E-state index contributed by atoms with van der Waals surface area (Å²) >= 11 is 2.68. The predicted octanol–water partition coefficient (Wildman–Crippen LogP) is -0.145. The van der Waals surface area contributed by atoms with E-state index >= 15 is 0 Å². The summed E-state index contributed by atoms with van der Waals surface area (Å²) in [5, 5.41) is 8.20. The van der Waals surface area contributed by atoms with Gasteiger partial charge in [-0.1, -0.05) is 23.1 Å². The molecule has 1 aromatic rings. The normalized spacial score (nSPS) is 20.0. The van der Waals surface area contributed by atoms with Crippen LogP contribution in [0, 0.1) is 6.92 Å². The molecule has 1 aromatic heterocycles. The maximum absolute atomic E-state index is 13.1. The molecule has 0 N–H and O–H groups in total. The fraction of sp³-hybridized carbons (Fsp3) is 0.750. The number of carbonyl (C=O) groups is 2. The van der Waals surface area contributed by atoms with E-state index in [4.69, 9.17) is 0 Å². The second-order valence-electron chi connectivity index (χ2n) is 6.84. The highest BCUT2D eigenvalue weighted by Gasteiger charge is 2.37. The van der Waals surface area contributed by atoms with E-state index in [9.17, 15) is 9.59 Å². The van der Waals surface area contributed by atoms with Crippen molar-refractivity contribution in [1.29, 1.82) is 0 Å². The van der Waals surface area contributed by atoms with E-state index in [2.05, 4.69) is 20.0 Å². The van der Waals surface area contributed by atoms with Crippen molar-refractivity contribution in [3.8, 4) is 0 Å². The average Bonchev–Trinajstić information content (AvgIpc) is 3.05. The Morgan fingerprint density at radius 1 is 0.885 bits per heavy atom. The number of aryl methyl sites for hydroxylation is 1. The zero-order chi connectivity index (χ0) is 18.7. The van der Waals surface area contributed by atoms with E-state index in [0.717, 1.165) is 31.2 Å². The number of hydrogen-bond acceptors (Lipinski definition) is 8. The fourth-order valence-corrected chi connectivity index (χ4v) is 5.07. The lowest BCUT2D eigenvalue weighted by molar-refractivity contribution is -0.141. The molecule has 0 bridgehead atoms. The van der Waals surface area contributed by atoms with Gasteiger partial charge in [0, 0.05) is 52.4 Å². The first-order valence-corrected chi connectivity index (χ1v) is 10.5. The van der Waals surface area contributed by atoms with Gasteiger partial charge in [0.2, 0.25) is 11.8 Å². The van der Waals surface area contributed by atoms with Crippen LogP contribution in [-0.4, -0.2) is 113 Å². The number of piperazine rings is 2. The van der Waals surface area contributed by atoms with Crippen molar-refractivity contribution < 1.29 is 9.59 Å². The van der Waals surface area contributed by atoms with Gasteiger partial charge < -0.3 is 19.6 Å². The highest BCUT2D eigenvalue weighted by Crippen LogP contribution is 2.29. The molecule has 0 unspecified atom stereocenters. The Kier molecular flexibility index (Phi) is 6.49. The monoisotopic (exact) mass is 398 g/mol. The van der Waals surface area contributed by atoms with Crippen LogP contribution in [0.2, 0.25) is 0 Å². The van der Waals surface area contributed by atoms with Crippen LogP contribution in [0.1, 0.15) is 5.01 Å². The summed E-state index contributed by atoms with van der Waals surface area (Å²) in [5.74, 6) is -0.195. The summed E-state index contributed by atoms with van der Waals surface area (Å²) in [5.41, 5.74) is 0. The maximum Gasteiger partial charge on any atom is 0.245 e. The van der Waals surface area contributed by atoms with Crippen molar-refractivity contribution in [3.63, 3.8) is 0 Å². The molecule has 2 amide bonds. The molecule has 3 heterocycles. The first kappa shape index (κ1) is 19.5. The zero-order valence-corrected chi connectivity index (χ0v) is 17.2. The molecule has 2 saturated heterocycles. The van der Waals surface area contributed by atoms with Crippen LogP contribution in [0.3, 0.4) is 0 Å². The summed E-state index contributed by atoms with van der Waals surface area (Å²) in [6.45, 7) is 7.88. The summed E-state index contributed by atoms with van der Waals surface area (Å²) in [7, 11) is 4.10. The van der Waals surface area contributed by atoms with E-state index in [1.54, 1.807) is 0 Å². The first-order chi connectivity index (χ1) is 12.4. The molecule has 0 spiro atoms. The van der Waals surface area contributed by atoms with Gasteiger partial charge in [0.1, 0.15) is 5.01 Å². The Morgan fingerprint density at radius 3 is 1.73 bits per heavy atom. The summed E-state index contributed by atoms with van der Waals surface area (Å²) < 4.78 is 0.678. The minimum absolute atomic E-state index is 0.0973. The molecule has 26 heavy (non-hydrogen) atoms. The van der Waals surface area contributed by atoms with Gasteiger partial charge in [-0.15, -0.1) is 10.2 Å². The standard InChI is InChI=1S/C16H26N6O2S2/c1-12-17-18-16(25-12)26-13(14(23)21-8-4-19(2)5-9-21)15(24)22-10-6-20(3)7-11-22/h13H,4-11H2,1-3H3. The second kappa shape index (κ2) is 8.64. The Bertz CT molecular complexity index is 604. The molecular formula is C16H26N6O2S2. The van der Waals surface area contributed by atoms with Gasteiger partial charge in [0.05, 0.1) is 0 Å². The lowest BCUT2D eigenvalue weighted by Crippen LogP contribution is -2.55. The molecule has 10 heteroatoms. The van der Waals surface area contributed by atoms with Gasteiger partial charge in [-0.2, -0.15) is 0 Å². The Hall–Kier alpha value is -1.23. The van der Waals surface area contributed by atoms with Crippen molar-refractivity contribution in [2.24, 2.45) is 0 Å². The first-order valence-electron chi connectivity index (χ1n) is 8.85. The van der Waals surface area contributed by atoms with Crippen LogP contribution in [0.25, 0.3) is 0 Å². The van der Waals surface area contributed by atoms with Gasteiger partial charge in [-0.3, -0.25) is 9.59 Å². The molecule has 0 aliphatic carbocycles. The molecule has 8 nitrogen and oxygen atoms in total. The number of amides is 2. The van der Waals surface area contributed by atoms with Crippen LogP contribution >= 0.6 is 23.1 Å². The molecule has 0 radical (unpaired) electrons. The molecular weight excluding hydrogens is 372 g/mol. The lowest BCUT2D eigenvalue weighted by atomic mass is 10.2. The van der Waals surface area contributed by atoms with Crippen LogP contribution < -0.4 is 0 Å².